The summed E-state index contributed by atoms with van der Waals surface area (Å²) in [6.45, 7) is 0.121. The van der Waals surface area contributed by atoms with Crippen LogP contribution in [0.5, 0.6) is 0 Å². The number of aliphatic imine (C=N–C) groups is 1. The quantitative estimate of drug-likeness (QED) is 0.899. The molecule has 0 fully saturated rings. The Balaban J connectivity index is 2.24. The number of rotatable bonds is 2. The van der Waals surface area contributed by atoms with Gasteiger partial charge >= 0.3 is 6.18 Å². The lowest BCUT2D eigenvalue weighted by Gasteiger charge is -2.22. The zero-order valence-electron chi connectivity index (χ0n) is 10.6. The van der Waals surface area contributed by atoms with Crippen molar-refractivity contribution in [1.82, 2.24) is 4.90 Å². The molecule has 0 atom stereocenters. The Morgan fingerprint density at radius 3 is 2.35 bits per heavy atom. The highest BCUT2D eigenvalue weighted by Gasteiger charge is 2.30. The minimum atomic E-state index is -4.36. The summed E-state index contributed by atoms with van der Waals surface area (Å²) in [6.07, 6.45) is -2.83. The highest BCUT2D eigenvalue weighted by Crippen LogP contribution is 2.29. The van der Waals surface area contributed by atoms with Crippen LogP contribution in [0, 0.1) is 0 Å². The second-order valence-electron chi connectivity index (χ2n) is 4.34. The standard InChI is InChI=1S/C13H12F3N3O/c1-19-7-9(11(17)20)6-18-12(19)8-2-4-10(5-3-8)13(14,15)16/h2-5,7H,6H2,1H3,(H2,17,20). The van der Waals surface area contributed by atoms with Crippen molar-refractivity contribution in [2.75, 3.05) is 13.6 Å². The van der Waals surface area contributed by atoms with Gasteiger partial charge in [-0.05, 0) is 12.1 Å². The van der Waals surface area contributed by atoms with E-state index in [1.807, 2.05) is 0 Å². The van der Waals surface area contributed by atoms with Crippen molar-refractivity contribution in [1.29, 1.82) is 0 Å². The maximum Gasteiger partial charge on any atom is 0.416 e. The van der Waals surface area contributed by atoms with E-state index in [1.54, 1.807) is 11.9 Å². The monoisotopic (exact) mass is 283 g/mol. The molecule has 1 aromatic rings. The second-order valence-corrected chi connectivity index (χ2v) is 4.34. The van der Waals surface area contributed by atoms with Gasteiger partial charge in [0.1, 0.15) is 5.84 Å². The van der Waals surface area contributed by atoms with Crippen LogP contribution in [0.15, 0.2) is 41.0 Å². The van der Waals surface area contributed by atoms with Gasteiger partial charge in [0.2, 0.25) is 5.91 Å². The van der Waals surface area contributed by atoms with Gasteiger partial charge in [0.05, 0.1) is 17.7 Å². The Kier molecular flexibility index (Phi) is 3.52. The second kappa shape index (κ2) is 4.99. The number of nitrogens with zero attached hydrogens (tertiary/aromatic N) is 2. The van der Waals surface area contributed by atoms with Gasteiger partial charge in [-0.3, -0.25) is 9.79 Å². The molecule has 1 amide bonds. The number of amidine groups is 1. The van der Waals surface area contributed by atoms with Gasteiger partial charge in [-0.25, -0.2) is 0 Å². The summed E-state index contributed by atoms with van der Waals surface area (Å²) in [7, 11) is 1.65. The van der Waals surface area contributed by atoms with Crippen LogP contribution in [-0.4, -0.2) is 30.2 Å². The van der Waals surface area contributed by atoms with E-state index >= 15 is 0 Å². The van der Waals surface area contributed by atoms with E-state index in [-0.39, 0.29) is 6.54 Å². The van der Waals surface area contributed by atoms with Gasteiger partial charge in [0.25, 0.3) is 0 Å². The molecule has 0 saturated carbocycles. The maximum atomic E-state index is 12.5. The molecular formula is C13H12F3N3O. The first-order chi connectivity index (χ1) is 9.29. The zero-order chi connectivity index (χ0) is 14.9. The summed E-state index contributed by atoms with van der Waals surface area (Å²) >= 11 is 0. The number of hydrogen-bond donors (Lipinski definition) is 1. The fraction of sp³-hybridized carbons (Fsp3) is 0.231. The number of carbonyl (C=O) groups excluding carboxylic acids is 1. The summed E-state index contributed by atoms with van der Waals surface area (Å²) in [6, 6.07) is 4.69. The molecule has 20 heavy (non-hydrogen) atoms. The van der Waals surface area contributed by atoms with Gasteiger partial charge in [-0.15, -0.1) is 0 Å². The van der Waals surface area contributed by atoms with E-state index in [2.05, 4.69) is 4.99 Å². The van der Waals surface area contributed by atoms with Crippen LogP contribution in [0.3, 0.4) is 0 Å². The molecule has 2 N–H and O–H groups in total. The lowest BCUT2D eigenvalue weighted by atomic mass is 10.1. The highest BCUT2D eigenvalue weighted by molar-refractivity contribution is 6.02. The van der Waals surface area contributed by atoms with Crippen molar-refractivity contribution in [2.45, 2.75) is 6.18 Å². The molecule has 1 aliphatic heterocycles. The van der Waals surface area contributed by atoms with Crippen LogP contribution in [0.25, 0.3) is 0 Å². The van der Waals surface area contributed by atoms with Crippen molar-refractivity contribution < 1.29 is 18.0 Å². The Labute approximate surface area is 113 Å². The van der Waals surface area contributed by atoms with Crippen LogP contribution in [0.1, 0.15) is 11.1 Å². The molecular weight excluding hydrogens is 271 g/mol. The van der Waals surface area contributed by atoms with Crippen LogP contribution in [0.2, 0.25) is 0 Å². The van der Waals surface area contributed by atoms with Crippen LogP contribution in [-0.2, 0) is 11.0 Å². The molecule has 0 spiro atoms. The fourth-order valence-electron chi connectivity index (χ4n) is 1.85. The summed E-state index contributed by atoms with van der Waals surface area (Å²) in [5.41, 5.74) is 5.33. The zero-order valence-corrected chi connectivity index (χ0v) is 10.6. The number of halogens is 3. The van der Waals surface area contributed by atoms with E-state index in [4.69, 9.17) is 5.73 Å². The third-order valence-electron chi connectivity index (χ3n) is 2.87. The summed E-state index contributed by atoms with van der Waals surface area (Å²) in [5, 5.41) is 0. The topological polar surface area (TPSA) is 58.7 Å². The molecule has 0 aliphatic carbocycles. The molecule has 0 bridgehead atoms. The predicted molar refractivity (Wildman–Crippen MR) is 67.9 cm³/mol. The molecule has 1 heterocycles. The van der Waals surface area contributed by atoms with E-state index in [0.717, 1.165) is 12.1 Å². The molecule has 7 heteroatoms. The molecule has 0 saturated heterocycles. The molecule has 0 radical (unpaired) electrons. The summed E-state index contributed by atoms with van der Waals surface area (Å²) < 4.78 is 37.4. The number of amides is 1. The van der Waals surface area contributed by atoms with Crippen molar-refractivity contribution in [3.63, 3.8) is 0 Å². The highest BCUT2D eigenvalue weighted by atomic mass is 19.4. The summed E-state index contributed by atoms with van der Waals surface area (Å²) in [4.78, 5) is 16.8. The van der Waals surface area contributed by atoms with Crippen molar-refractivity contribution in [3.05, 3.63) is 47.2 Å². The van der Waals surface area contributed by atoms with E-state index in [0.29, 0.717) is 17.0 Å². The lowest BCUT2D eigenvalue weighted by Crippen LogP contribution is -2.30. The van der Waals surface area contributed by atoms with Crippen molar-refractivity contribution >= 4 is 11.7 Å². The first-order valence-electron chi connectivity index (χ1n) is 5.74. The van der Waals surface area contributed by atoms with Crippen molar-refractivity contribution in [2.24, 2.45) is 10.7 Å². The SMILES string of the molecule is CN1C=C(C(N)=O)CN=C1c1ccc(C(F)(F)F)cc1. The molecule has 2 rings (SSSR count). The molecule has 106 valence electrons. The number of primary amides is 1. The smallest absolute Gasteiger partial charge is 0.366 e. The van der Waals surface area contributed by atoms with Crippen LogP contribution in [0.4, 0.5) is 13.2 Å². The largest absolute Gasteiger partial charge is 0.416 e. The number of carbonyl (C=O) groups is 1. The Hall–Kier alpha value is -2.31. The average Bonchev–Trinajstić information content (AvgIpc) is 2.37. The normalized spacial score (nSPS) is 15.7. The Bertz CT molecular complexity index is 588. The lowest BCUT2D eigenvalue weighted by molar-refractivity contribution is -0.137. The van der Waals surface area contributed by atoms with Gasteiger partial charge in [0.15, 0.2) is 0 Å². The summed E-state index contributed by atoms with van der Waals surface area (Å²) in [5.74, 6) is -0.0733. The van der Waals surface area contributed by atoms with Gasteiger partial charge < -0.3 is 10.6 Å². The minimum Gasteiger partial charge on any atom is -0.366 e. The fourth-order valence-corrected chi connectivity index (χ4v) is 1.85. The number of hydrogen-bond acceptors (Lipinski definition) is 3. The Morgan fingerprint density at radius 2 is 1.90 bits per heavy atom. The van der Waals surface area contributed by atoms with Crippen LogP contribution < -0.4 is 5.73 Å². The Morgan fingerprint density at radius 1 is 1.30 bits per heavy atom. The number of alkyl halides is 3. The third kappa shape index (κ3) is 2.81. The van der Waals surface area contributed by atoms with E-state index in [1.165, 1.54) is 18.3 Å². The third-order valence-corrected chi connectivity index (χ3v) is 2.87. The van der Waals surface area contributed by atoms with E-state index < -0.39 is 17.6 Å². The van der Waals surface area contributed by atoms with E-state index in [9.17, 15) is 18.0 Å². The van der Waals surface area contributed by atoms with Gasteiger partial charge in [-0.2, -0.15) is 13.2 Å². The average molecular weight is 283 g/mol. The maximum absolute atomic E-state index is 12.5. The van der Waals surface area contributed by atoms with Crippen LogP contribution >= 0.6 is 0 Å². The van der Waals surface area contributed by atoms with Crippen molar-refractivity contribution in [3.8, 4) is 0 Å². The first-order valence-corrected chi connectivity index (χ1v) is 5.74. The molecule has 0 aromatic heterocycles. The number of benzene rings is 1. The molecule has 0 unspecified atom stereocenters. The molecule has 4 nitrogen and oxygen atoms in total. The predicted octanol–water partition coefficient (Wildman–Crippen LogP) is 1.77. The molecule has 1 aromatic carbocycles. The minimum absolute atomic E-state index is 0.121. The first kappa shape index (κ1) is 14.1. The number of nitrogens with two attached hydrogens (primary N) is 1. The molecule has 1 aliphatic rings. The van der Waals surface area contributed by atoms with Gasteiger partial charge in [0, 0.05) is 18.8 Å². The van der Waals surface area contributed by atoms with Gasteiger partial charge in [-0.1, -0.05) is 12.1 Å².